The predicted octanol–water partition coefficient (Wildman–Crippen LogP) is 4.66. The summed E-state index contributed by atoms with van der Waals surface area (Å²) in [4.78, 5) is 2.65. The van der Waals surface area contributed by atoms with E-state index in [4.69, 9.17) is 16.3 Å². The lowest BCUT2D eigenvalue weighted by Crippen LogP contribution is -2.46. The number of hydrogen-bond donors (Lipinski definition) is 2. The van der Waals surface area contributed by atoms with Gasteiger partial charge < -0.3 is 9.84 Å². The average molecular weight is 447 g/mol. The third-order valence-electron chi connectivity index (χ3n) is 6.50. The highest BCUT2D eigenvalue weighted by atomic mass is 35.5. The monoisotopic (exact) mass is 446 g/mol. The first kappa shape index (κ1) is 20.9. The van der Waals surface area contributed by atoms with Gasteiger partial charge in [-0.1, -0.05) is 35.9 Å². The van der Waals surface area contributed by atoms with Crippen molar-refractivity contribution in [2.75, 3.05) is 26.2 Å². The Morgan fingerprint density at radius 3 is 2.87 bits per heavy atom. The van der Waals surface area contributed by atoms with Crippen molar-refractivity contribution < 1.29 is 9.84 Å². The van der Waals surface area contributed by atoms with Crippen LogP contribution in [0.25, 0.3) is 10.8 Å². The van der Waals surface area contributed by atoms with Crippen molar-refractivity contribution in [1.82, 2.24) is 10.2 Å². The molecule has 2 aromatic rings. The van der Waals surface area contributed by atoms with E-state index >= 15 is 0 Å². The van der Waals surface area contributed by atoms with E-state index in [2.05, 4.69) is 40.5 Å². The standard InChI is InChI=1S/C24H31ClN2O2S/c1-16(28)12-26-24-15-27(10-4-7-22(24)30-24)13-18-11-21(25)23(29-14-17-8-9-17)20-6-3-2-5-19(18)20/h2-3,5-6,11,16-17,22,26,28H,4,7-10,12-15H2,1H3/t16?,22?,24-/m1/s1. The molecule has 162 valence electrons. The summed E-state index contributed by atoms with van der Waals surface area (Å²) in [6.07, 6.45) is 4.68. The fourth-order valence-electron chi connectivity index (χ4n) is 4.62. The molecule has 0 amide bonds. The average Bonchev–Trinajstić information content (AvgIpc) is 3.62. The fraction of sp³-hybridized carbons (Fsp3) is 0.583. The summed E-state index contributed by atoms with van der Waals surface area (Å²) >= 11 is 8.75. The number of likely N-dealkylation sites (tertiary alicyclic amines) is 1. The molecule has 2 unspecified atom stereocenters. The molecule has 2 heterocycles. The van der Waals surface area contributed by atoms with Crippen LogP contribution in [0.1, 0.15) is 38.2 Å². The highest BCUT2D eigenvalue weighted by Gasteiger charge is 2.56. The van der Waals surface area contributed by atoms with E-state index in [9.17, 15) is 5.11 Å². The molecule has 2 N–H and O–H groups in total. The normalized spacial score (nSPS) is 27.5. The number of hydrogen-bond acceptors (Lipinski definition) is 5. The lowest BCUT2D eigenvalue weighted by Gasteiger charge is -2.27. The summed E-state index contributed by atoms with van der Waals surface area (Å²) in [6, 6.07) is 10.6. The second kappa shape index (κ2) is 8.51. The van der Waals surface area contributed by atoms with Crippen LogP contribution >= 0.6 is 23.4 Å². The molecule has 2 aromatic carbocycles. The third-order valence-corrected chi connectivity index (χ3v) is 8.43. The van der Waals surface area contributed by atoms with Crippen LogP contribution in [-0.2, 0) is 6.54 Å². The van der Waals surface area contributed by atoms with Gasteiger partial charge in [-0.25, -0.2) is 0 Å². The fourth-order valence-corrected chi connectivity index (χ4v) is 6.33. The van der Waals surface area contributed by atoms with Crippen molar-refractivity contribution in [3.8, 4) is 5.75 Å². The molecule has 3 fully saturated rings. The summed E-state index contributed by atoms with van der Waals surface area (Å²) in [5.41, 5.74) is 1.27. The number of fused-ring (bicyclic) bond motifs is 2. The zero-order chi connectivity index (χ0) is 20.7. The smallest absolute Gasteiger partial charge is 0.145 e. The molecule has 30 heavy (non-hydrogen) atoms. The molecular weight excluding hydrogens is 416 g/mol. The Kier molecular flexibility index (Phi) is 5.93. The van der Waals surface area contributed by atoms with Gasteiger partial charge in [-0.3, -0.25) is 10.2 Å². The van der Waals surface area contributed by atoms with Crippen LogP contribution in [0.3, 0.4) is 0 Å². The Hall–Kier alpha value is -0.980. The maximum atomic E-state index is 9.73. The third kappa shape index (κ3) is 4.46. The Balaban J connectivity index is 1.37. The van der Waals surface area contributed by atoms with E-state index in [1.165, 1.54) is 36.6 Å². The number of nitrogens with zero attached hydrogens (tertiary/aromatic N) is 1. The van der Waals surface area contributed by atoms with Crippen LogP contribution in [-0.4, -0.2) is 52.5 Å². The number of aliphatic hydroxyl groups is 1. The van der Waals surface area contributed by atoms with Crippen molar-refractivity contribution in [3.05, 3.63) is 40.9 Å². The molecule has 1 saturated carbocycles. The molecule has 4 nitrogen and oxygen atoms in total. The lowest BCUT2D eigenvalue weighted by molar-refractivity contribution is 0.177. The second-order valence-electron chi connectivity index (χ2n) is 9.23. The van der Waals surface area contributed by atoms with Crippen LogP contribution in [0.5, 0.6) is 5.75 Å². The molecule has 1 aliphatic carbocycles. The molecule has 0 aromatic heterocycles. The Labute approximate surface area is 188 Å². The SMILES string of the molecule is CC(O)CN[C@@]12CN(Cc3cc(Cl)c(OCC4CC4)c4ccccc34)CCCC1S2. The minimum atomic E-state index is -0.316. The largest absolute Gasteiger partial charge is 0.491 e. The number of benzene rings is 2. The summed E-state index contributed by atoms with van der Waals surface area (Å²) in [5, 5.41) is 17.1. The molecular formula is C24H31ClN2O2S. The highest BCUT2D eigenvalue weighted by Crippen LogP contribution is 2.55. The van der Waals surface area contributed by atoms with Crippen LogP contribution in [0, 0.1) is 5.92 Å². The van der Waals surface area contributed by atoms with Crippen LogP contribution < -0.4 is 10.1 Å². The van der Waals surface area contributed by atoms with Gasteiger partial charge >= 0.3 is 0 Å². The predicted molar refractivity (Wildman–Crippen MR) is 125 cm³/mol. The molecule has 2 saturated heterocycles. The van der Waals surface area contributed by atoms with E-state index in [1.54, 1.807) is 0 Å². The molecule has 0 spiro atoms. The maximum Gasteiger partial charge on any atom is 0.145 e. The van der Waals surface area contributed by atoms with Crippen molar-refractivity contribution >= 4 is 34.1 Å². The van der Waals surface area contributed by atoms with Gasteiger partial charge in [0.05, 0.1) is 22.6 Å². The zero-order valence-electron chi connectivity index (χ0n) is 17.6. The molecule has 0 radical (unpaired) electrons. The van der Waals surface area contributed by atoms with E-state index in [0.29, 0.717) is 17.7 Å². The first-order valence-corrected chi connectivity index (χ1v) is 12.5. The molecule has 0 bridgehead atoms. The lowest BCUT2D eigenvalue weighted by atomic mass is 10.0. The van der Waals surface area contributed by atoms with Crippen LogP contribution in [0.4, 0.5) is 0 Å². The Morgan fingerprint density at radius 2 is 2.10 bits per heavy atom. The van der Waals surface area contributed by atoms with Crippen LogP contribution in [0.15, 0.2) is 30.3 Å². The summed E-state index contributed by atoms with van der Waals surface area (Å²) in [5.74, 6) is 1.54. The highest BCUT2D eigenvalue weighted by molar-refractivity contribution is 8.08. The summed E-state index contributed by atoms with van der Waals surface area (Å²) in [6.45, 7) is 6.25. The number of nitrogens with one attached hydrogen (secondary N) is 1. The van der Waals surface area contributed by atoms with Crippen molar-refractivity contribution in [3.63, 3.8) is 0 Å². The van der Waals surface area contributed by atoms with Crippen molar-refractivity contribution in [2.24, 2.45) is 5.92 Å². The van der Waals surface area contributed by atoms with E-state index in [0.717, 1.165) is 42.4 Å². The van der Waals surface area contributed by atoms with Gasteiger partial charge in [0, 0.05) is 30.3 Å². The zero-order valence-corrected chi connectivity index (χ0v) is 19.1. The van der Waals surface area contributed by atoms with Crippen molar-refractivity contribution in [1.29, 1.82) is 0 Å². The molecule has 3 atom stereocenters. The number of ether oxygens (including phenoxy) is 1. The topological polar surface area (TPSA) is 44.7 Å². The second-order valence-corrected chi connectivity index (χ2v) is 11.2. The molecule has 5 rings (SSSR count). The van der Waals surface area contributed by atoms with Gasteiger partial charge in [-0.15, -0.1) is 11.8 Å². The van der Waals surface area contributed by atoms with Gasteiger partial charge in [0.25, 0.3) is 0 Å². The van der Waals surface area contributed by atoms with E-state index < -0.39 is 0 Å². The minimum Gasteiger partial charge on any atom is -0.491 e. The summed E-state index contributed by atoms with van der Waals surface area (Å²) in [7, 11) is 0. The number of aliphatic hydroxyl groups excluding tert-OH is 1. The van der Waals surface area contributed by atoms with Gasteiger partial charge in [-0.2, -0.15) is 0 Å². The van der Waals surface area contributed by atoms with Gasteiger partial charge in [-0.05, 0) is 62.1 Å². The van der Waals surface area contributed by atoms with Gasteiger partial charge in [0.1, 0.15) is 5.75 Å². The van der Waals surface area contributed by atoms with E-state index in [1.807, 2.05) is 18.7 Å². The van der Waals surface area contributed by atoms with Crippen LogP contribution in [0.2, 0.25) is 5.02 Å². The molecule has 3 aliphatic rings. The minimum absolute atomic E-state index is 0.0976. The quantitative estimate of drug-likeness (QED) is 0.577. The first-order valence-electron chi connectivity index (χ1n) is 11.2. The molecule has 6 heteroatoms. The van der Waals surface area contributed by atoms with Crippen molar-refractivity contribution in [2.45, 2.75) is 55.4 Å². The number of rotatable bonds is 8. The Morgan fingerprint density at radius 1 is 1.30 bits per heavy atom. The van der Waals surface area contributed by atoms with Gasteiger partial charge in [0.15, 0.2) is 0 Å². The maximum absolute atomic E-state index is 9.73. The first-order chi connectivity index (χ1) is 14.5. The summed E-state index contributed by atoms with van der Waals surface area (Å²) < 4.78 is 6.15. The Bertz CT molecular complexity index is 919. The van der Waals surface area contributed by atoms with Gasteiger partial charge in [0.2, 0.25) is 0 Å². The number of halogens is 1. The molecule has 2 aliphatic heterocycles. The number of thioether (sulfide) groups is 1. The van der Waals surface area contributed by atoms with E-state index in [-0.39, 0.29) is 11.0 Å².